The van der Waals surface area contributed by atoms with E-state index in [2.05, 4.69) is 69.9 Å². The molecule has 0 spiro atoms. The van der Waals surface area contributed by atoms with Crippen LogP contribution in [0.1, 0.15) is 34.2 Å². The molecule has 0 aliphatic rings. The molecule has 8 rings (SSSR count). The molecule has 358 valence electrons. The SMILES string of the molecule is C#Cc1cccc(F)c1.CN(C)Cc1nc2cc(Br)ccc2c(=O)n1C.CN(C)Cc1nc2cc(C#Cc3cccc(F)c3)ccc2c(=O)n1C.CNC.Cn1c(CCl)nc2cc(Br)ccc2c1=O. The minimum Gasteiger partial charge on any atom is -0.323 e. The number of nitrogens with one attached hydrogen (secondary N) is 1. The van der Waals surface area contributed by atoms with Gasteiger partial charge in [0.2, 0.25) is 0 Å². The highest BCUT2D eigenvalue weighted by molar-refractivity contribution is 9.10. The third kappa shape index (κ3) is 15.8. The van der Waals surface area contributed by atoms with Crippen LogP contribution in [0.2, 0.25) is 0 Å². The highest BCUT2D eigenvalue weighted by atomic mass is 79.9. The molecule has 0 radical (unpaired) electrons. The van der Waals surface area contributed by atoms with Crippen LogP contribution in [0.4, 0.5) is 8.78 Å². The fourth-order valence-electron chi connectivity index (χ4n) is 6.23. The van der Waals surface area contributed by atoms with E-state index < -0.39 is 0 Å². The maximum Gasteiger partial charge on any atom is 0.261 e. The fourth-order valence-corrected chi connectivity index (χ4v) is 7.17. The van der Waals surface area contributed by atoms with Crippen LogP contribution in [-0.2, 0) is 40.1 Å². The summed E-state index contributed by atoms with van der Waals surface area (Å²) < 4.78 is 32.0. The van der Waals surface area contributed by atoms with Gasteiger partial charge in [0.1, 0.15) is 29.1 Å². The molecule has 0 unspecified atom stereocenters. The molecule has 8 aromatic rings. The van der Waals surface area contributed by atoms with Gasteiger partial charge >= 0.3 is 0 Å². The number of terminal acetylenes is 1. The molecular weight excluding hydrogens is 1030 g/mol. The normalized spacial score (nSPS) is 10.4. The van der Waals surface area contributed by atoms with Crippen LogP contribution in [0.5, 0.6) is 0 Å². The summed E-state index contributed by atoms with van der Waals surface area (Å²) in [6.07, 6.45) is 5.00. The number of rotatable bonds is 5. The van der Waals surface area contributed by atoms with Crippen LogP contribution in [-0.4, -0.2) is 80.7 Å². The Morgan fingerprint density at radius 2 is 0.942 bits per heavy atom. The number of fused-ring (bicyclic) bond motifs is 3. The summed E-state index contributed by atoms with van der Waals surface area (Å²) >= 11 is 12.4. The predicted octanol–water partition coefficient (Wildman–Crippen LogP) is 8.37. The Labute approximate surface area is 421 Å². The van der Waals surface area contributed by atoms with Gasteiger partial charge < -0.3 is 15.1 Å². The second-order valence-corrected chi connectivity index (χ2v) is 17.9. The molecule has 5 aromatic carbocycles. The third-order valence-corrected chi connectivity index (χ3v) is 10.9. The van der Waals surface area contributed by atoms with Gasteiger partial charge in [0, 0.05) is 46.8 Å². The van der Waals surface area contributed by atoms with E-state index >= 15 is 0 Å². The van der Waals surface area contributed by atoms with Crippen molar-refractivity contribution in [3.8, 4) is 24.2 Å². The number of hydrogen-bond donors (Lipinski definition) is 1. The summed E-state index contributed by atoms with van der Waals surface area (Å²) in [6, 6.07) is 28.3. The van der Waals surface area contributed by atoms with E-state index in [1.807, 2.05) is 76.4 Å². The van der Waals surface area contributed by atoms with Crippen molar-refractivity contribution in [3.05, 3.63) is 189 Å². The summed E-state index contributed by atoms with van der Waals surface area (Å²) in [4.78, 5) is 53.9. The molecule has 0 aliphatic carbocycles. The Balaban J connectivity index is 0.000000207. The molecule has 0 atom stereocenters. The molecule has 3 aromatic heterocycles. The molecule has 0 saturated carbocycles. The van der Waals surface area contributed by atoms with Gasteiger partial charge in [0.05, 0.1) is 51.7 Å². The van der Waals surface area contributed by atoms with Gasteiger partial charge in [-0.2, -0.15) is 0 Å². The van der Waals surface area contributed by atoms with Crippen LogP contribution >= 0.6 is 43.5 Å². The minimum atomic E-state index is -0.316. The van der Waals surface area contributed by atoms with Crippen LogP contribution in [0.3, 0.4) is 0 Å². The second-order valence-electron chi connectivity index (χ2n) is 15.8. The third-order valence-electron chi connectivity index (χ3n) is 9.63. The number of alkyl halides is 1. The van der Waals surface area contributed by atoms with E-state index in [9.17, 15) is 23.2 Å². The molecule has 0 fully saturated rings. The van der Waals surface area contributed by atoms with Crippen molar-refractivity contribution in [2.24, 2.45) is 21.1 Å². The largest absolute Gasteiger partial charge is 0.323 e. The van der Waals surface area contributed by atoms with Crippen molar-refractivity contribution in [1.82, 2.24) is 43.8 Å². The lowest BCUT2D eigenvalue weighted by Crippen LogP contribution is -2.26. The quantitative estimate of drug-likeness (QED) is 0.134. The average Bonchev–Trinajstić information content (AvgIpc) is 3.30. The molecule has 12 nitrogen and oxygen atoms in total. The Morgan fingerprint density at radius 1 is 0.580 bits per heavy atom. The highest BCUT2D eigenvalue weighted by Gasteiger charge is 2.11. The molecule has 69 heavy (non-hydrogen) atoms. The lowest BCUT2D eigenvalue weighted by atomic mass is 10.1. The lowest BCUT2D eigenvalue weighted by molar-refractivity contribution is 0.382. The van der Waals surface area contributed by atoms with Crippen LogP contribution in [0.15, 0.2) is 126 Å². The standard InChI is InChI=1S/C20H18FN3O.C12H14BrN3O.C10H8BrClN2O.C8H5F.C2H7N/c1-23(2)13-19-22-18-12-15(9-10-17(18)20(25)24(19)3)8-7-14-5-4-6-16(21)11-14;1-15(2)7-11-14-10-6-8(13)4-5-9(10)12(17)16(11)3;1-14-9(5-12)13-8-4-6(11)2-3-7(8)10(14)15;1-2-7-4-3-5-8(9)6-7;1-3-2/h4-6,9-12H,13H2,1-3H3;4-6H,7H2,1-3H3;2-4H,5H2,1H3;1,3-6H;3H,1-2H3. The van der Waals surface area contributed by atoms with Gasteiger partial charge in [-0.25, -0.2) is 23.7 Å². The first-order chi connectivity index (χ1) is 32.8. The molecule has 0 aliphatic heterocycles. The molecule has 3 heterocycles. The van der Waals surface area contributed by atoms with Crippen molar-refractivity contribution in [1.29, 1.82) is 0 Å². The van der Waals surface area contributed by atoms with E-state index in [0.29, 0.717) is 63.1 Å². The zero-order chi connectivity index (χ0) is 50.9. The molecule has 0 saturated heterocycles. The summed E-state index contributed by atoms with van der Waals surface area (Å²) in [5.41, 5.74) is 3.79. The lowest BCUT2D eigenvalue weighted by Gasteiger charge is -2.13. The summed E-state index contributed by atoms with van der Waals surface area (Å²) in [5.74, 6) is 9.92. The Morgan fingerprint density at radius 3 is 1.33 bits per heavy atom. The van der Waals surface area contributed by atoms with E-state index in [-0.39, 0.29) is 34.2 Å². The van der Waals surface area contributed by atoms with Gasteiger partial charge in [-0.3, -0.25) is 28.1 Å². The van der Waals surface area contributed by atoms with Gasteiger partial charge in [-0.1, -0.05) is 61.8 Å². The van der Waals surface area contributed by atoms with Crippen molar-refractivity contribution in [2.75, 3.05) is 42.3 Å². The van der Waals surface area contributed by atoms with Crippen LogP contribution in [0, 0.1) is 35.8 Å². The molecule has 1 N–H and O–H groups in total. The van der Waals surface area contributed by atoms with Gasteiger partial charge in [0.25, 0.3) is 16.7 Å². The van der Waals surface area contributed by atoms with E-state index in [1.165, 1.54) is 28.8 Å². The monoisotopic (exact) mass is 1080 g/mol. The highest BCUT2D eigenvalue weighted by Crippen LogP contribution is 2.18. The summed E-state index contributed by atoms with van der Waals surface area (Å²) in [5, 5.41) is 4.56. The Kier molecular flexibility index (Phi) is 21.1. The topological polar surface area (TPSA) is 123 Å². The van der Waals surface area contributed by atoms with Crippen LogP contribution in [0.25, 0.3) is 32.7 Å². The molecule has 0 amide bonds. The first-order valence-electron chi connectivity index (χ1n) is 21.0. The van der Waals surface area contributed by atoms with Crippen molar-refractivity contribution in [2.45, 2.75) is 19.0 Å². The van der Waals surface area contributed by atoms with Crippen molar-refractivity contribution < 1.29 is 8.78 Å². The maximum atomic E-state index is 13.2. The average molecular weight is 1080 g/mol. The first kappa shape index (κ1) is 55.2. The summed E-state index contributed by atoms with van der Waals surface area (Å²) in [6.45, 7) is 1.22. The Hall–Kier alpha value is -6.37. The smallest absolute Gasteiger partial charge is 0.261 e. The zero-order valence-electron chi connectivity index (χ0n) is 39.7. The number of benzene rings is 5. The van der Waals surface area contributed by atoms with Gasteiger partial charge in [-0.15, -0.1) is 18.0 Å². The maximum absolute atomic E-state index is 13.2. The minimum absolute atomic E-state index is 0.000602. The number of halogens is 5. The van der Waals surface area contributed by atoms with E-state index in [0.717, 1.165) is 25.8 Å². The molecular formula is C52H52Br2ClF2N9O3. The van der Waals surface area contributed by atoms with Crippen molar-refractivity contribution >= 4 is 76.2 Å². The van der Waals surface area contributed by atoms with Gasteiger partial charge in [0.15, 0.2) is 0 Å². The number of hydrogen-bond acceptors (Lipinski definition) is 9. The zero-order valence-corrected chi connectivity index (χ0v) is 43.6. The van der Waals surface area contributed by atoms with E-state index in [1.54, 1.807) is 84.9 Å². The molecule has 0 bridgehead atoms. The molecule has 17 heteroatoms. The summed E-state index contributed by atoms with van der Waals surface area (Å²) in [7, 11) is 16.7. The Bertz CT molecular complexity index is 3380. The van der Waals surface area contributed by atoms with Gasteiger partial charge in [-0.05, 0) is 133 Å². The predicted molar refractivity (Wildman–Crippen MR) is 282 cm³/mol. The van der Waals surface area contributed by atoms with Crippen molar-refractivity contribution in [3.63, 3.8) is 0 Å². The first-order valence-corrected chi connectivity index (χ1v) is 23.2. The van der Waals surface area contributed by atoms with E-state index in [4.69, 9.17) is 18.0 Å². The number of nitrogens with zero attached hydrogens (tertiary/aromatic N) is 8. The fraction of sp³-hybridized carbons (Fsp3) is 0.231. The van der Waals surface area contributed by atoms with Crippen LogP contribution < -0.4 is 22.0 Å². The number of aromatic nitrogens is 6. The second kappa shape index (κ2) is 26.4.